The number of nitrogens with zero attached hydrogens (tertiary/aromatic N) is 3. The fraction of sp³-hybridized carbons (Fsp3) is 0.400. The molecule has 1 rings (SSSR count). The Morgan fingerprint density at radius 1 is 1.55 bits per heavy atom. The fourth-order valence-corrected chi connectivity index (χ4v) is 1.69. The molecule has 1 aromatic rings. The average molecular weight is 270 g/mol. The summed E-state index contributed by atoms with van der Waals surface area (Å²) in [6.45, 7) is 4.89. The molecule has 1 unspecified atom stereocenters. The summed E-state index contributed by atoms with van der Waals surface area (Å²) < 4.78 is 0. The Morgan fingerprint density at radius 2 is 2.30 bits per heavy atom. The smallest absolute Gasteiger partial charge is 0.255 e. The second-order valence-electron chi connectivity index (χ2n) is 4.34. The lowest BCUT2D eigenvalue weighted by atomic mass is 10.1. The first kappa shape index (κ1) is 15.7. The van der Waals surface area contributed by atoms with Crippen LogP contribution in [0.1, 0.15) is 29.8 Å². The van der Waals surface area contributed by atoms with E-state index < -0.39 is 0 Å². The van der Waals surface area contributed by atoms with Crippen LogP contribution in [0.3, 0.4) is 0 Å². The maximum atomic E-state index is 12.4. The molecule has 1 heterocycles. The van der Waals surface area contributed by atoms with Gasteiger partial charge in [-0.1, -0.05) is 11.8 Å². The van der Waals surface area contributed by atoms with Crippen LogP contribution in [0, 0.1) is 29.1 Å². The second kappa shape index (κ2) is 7.93. The summed E-state index contributed by atoms with van der Waals surface area (Å²) in [7, 11) is 0. The van der Waals surface area contributed by atoms with Gasteiger partial charge >= 0.3 is 0 Å². The van der Waals surface area contributed by atoms with Crippen molar-refractivity contribution in [1.29, 1.82) is 5.26 Å². The average Bonchev–Trinajstić information content (AvgIpc) is 2.49. The van der Waals surface area contributed by atoms with E-state index in [1.54, 1.807) is 24.1 Å². The minimum atomic E-state index is -0.202. The summed E-state index contributed by atoms with van der Waals surface area (Å²) in [5.74, 6) is 5.23. The number of nitrogens with two attached hydrogens (primary N) is 1. The lowest BCUT2D eigenvalue weighted by Crippen LogP contribution is -2.34. The third-order valence-electron chi connectivity index (χ3n) is 2.70. The van der Waals surface area contributed by atoms with Crippen LogP contribution in [0.15, 0.2) is 18.5 Å². The third-order valence-corrected chi connectivity index (χ3v) is 2.70. The lowest BCUT2D eigenvalue weighted by molar-refractivity contribution is 0.0752. The number of nitriles is 1. The van der Waals surface area contributed by atoms with Crippen LogP contribution >= 0.6 is 0 Å². The molecule has 0 aliphatic heterocycles. The van der Waals surface area contributed by atoms with E-state index in [0.29, 0.717) is 24.2 Å². The Labute approximate surface area is 119 Å². The van der Waals surface area contributed by atoms with Crippen LogP contribution in [0.25, 0.3) is 0 Å². The molecule has 104 valence electrons. The summed E-state index contributed by atoms with van der Waals surface area (Å²) in [4.78, 5) is 18.0. The Hall–Kier alpha value is -2.37. The predicted molar refractivity (Wildman–Crippen MR) is 76.5 cm³/mol. The molecule has 0 saturated carbocycles. The number of pyridine rings is 1. The van der Waals surface area contributed by atoms with Gasteiger partial charge in [-0.15, -0.1) is 0 Å². The van der Waals surface area contributed by atoms with Crippen LogP contribution in [-0.4, -0.2) is 35.4 Å². The van der Waals surface area contributed by atoms with Gasteiger partial charge in [0, 0.05) is 31.0 Å². The highest BCUT2D eigenvalue weighted by molar-refractivity contribution is 5.94. The SMILES string of the molecule is CCN(CC(C)C#N)C(=O)c1cncc(C#CCN)c1. The highest BCUT2D eigenvalue weighted by atomic mass is 16.2. The topological polar surface area (TPSA) is 83.0 Å². The first-order valence-corrected chi connectivity index (χ1v) is 6.45. The summed E-state index contributed by atoms with van der Waals surface area (Å²) in [6, 6.07) is 3.82. The zero-order valence-corrected chi connectivity index (χ0v) is 11.8. The summed E-state index contributed by atoms with van der Waals surface area (Å²) >= 11 is 0. The number of carbonyl (C=O) groups is 1. The monoisotopic (exact) mass is 270 g/mol. The van der Waals surface area contributed by atoms with Gasteiger partial charge in [-0.05, 0) is 19.9 Å². The highest BCUT2D eigenvalue weighted by Crippen LogP contribution is 2.08. The molecule has 0 aliphatic carbocycles. The predicted octanol–water partition coefficient (Wildman–Crippen LogP) is 1.01. The van der Waals surface area contributed by atoms with Gasteiger partial charge in [0.15, 0.2) is 0 Å². The number of hydrogen-bond donors (Lipinski definition) is 1. The van der Waals surface area contributed by atoms with E-state index in [2.05, 4.69) is 22.9 Å². The van der Waals surface area contributed by atoms with Crippen molar-refractivity contribution in [1.82, 2.24) is 9.88 Å². The maximum Gasteiger partial charge on any atom is 0.255 e. The number of amides is 1. The molecule has 1 amide bonds. The highest BCUT2D eigenvalue weighted by Gasteiger charge is 2.17. The minimum Gasteiger partial charge on any atom is -0.338 e. The van der Waals surface area contributed by atoms with E-state index in [0.717, 1.165) is 0 Å². The van der Waals surface area contributed by atoms with Crippen molar-refractivity contribution >= 4 is 5.91 Å². The van der Waals surface area contributed by atoms with Gasteiger partial charge in [0.05, 0.1) is 24.1 Å². The van der Waals surface area contributed by atoms with Crippen molar-refractivity contribution in [3.05, 3.63) is 29.6 Å². The van der Waals surface area contributed by atoms with Crippen LogP contribution in [0.4, 0.5) is 0 Å². The van der Waals surface area contributed by atoms with Crippen molar-refractivity contribution in [2.45, 2.75) is 13.8 Å². The molecule has 1 atom stereocenters. The molecule has 0 radical (unpaired) electrons. The summed E-state index contributed by atoms with van der Waals surface area (Å²) in [6.07, 6.45) is 3.10. The van der Waals surface area contributed by atoms with E-state index in [-0.39, 0.29) is 18.4 Å². The van der Waals surface area contributed by atoms with Gasteiger partial charge in [-0.2, -0.15) is 5.26 Å². The Balaban J connectivity index is 2.92. The zero-order valence-electron chi connectivity index (χ0n) is 11.8. The van der Waals surface area contributed by atoms with Crippen LogP contribution < -0.4 is 5.73 Å². The normalized spacial score (nSPS) is 10.9. The van der Waals surface area contributed by atoms with Gasteiger partial charge in [0.2, 0.25) is 0 Å². The minimum absolute atomic E-state index is 0.140. The molecule has 0 spiro atoms. The van der Waals surface area contributed by atoms with Crippen molar-refractivity contribution in [3.8, 4) is 17.9 Å². The molecule has 0 aliphatic rings. The number of rotatable bonds is 4. The lowest BCUT2D eigenvalue weighted by Gasteiger charge is -2.21. The number of hydrogen-bond acceptors (Lipinski definition) is 4. The van der Waals surface area contributed by atoms with Gasteiger partial charge in [0.25, 0.3) is 5.91 Å². The largest absolute Gasteiger partial charge is 0.338 e. The van der Waals surface area contributed by atoms with Crippen molar-refractivity contribution in [3.63, 3.8) is 0 Å². The molecule has 2 N–H and O–H groups in total. The number of carbonyl (C=O) groups excluding carboxylic acids is 1. The Morgan fingerprint density at radius 3 is 2.90 bits per heavy atom. The fourth-order valence-electron chi connectivity index (χ4n) is 1.69. The van der Waals surface area contributed by atoms with Crippen LogP contribution in [0.2, 0.25) is 0 Å². The zero-order chi connectivity index (χ0) is 15.0. The van der Waals surface area contributed by atoms with Crippen molar-refractivity contribution < 1.29 is 4.79 Å². The Kier molecular flexibility index (Phi) is 6.22. The first-order valence-electron chi connectivity index (χ1n) is 6.45. The van der Waals surface area contributed by atoms with Gasteiger partial charge in [-0.3, -0.25) is 9.78 Å². The van der Waals surface area contributed by atoms with Gasteiger partial charge < -0.3 is 10.6 Å². The molecule has 0 saturated heterocycles. The standard InChI is InChI=1S/C15H18N4O/c1-3-19(11-12(2)8-17)15(20)14-7-13(5-4-6-16)9-18-10-14/h7,9-10,12H,3,6,11,16H2,1-2H3. The van der Waals surface area contributed by atoms with E-state index in [1.807, 2.05) is 6.92 Å². The Bertz CT molecular complexity index is 565. The van der Waals surface area contributed by atoms with Crippen molar-refractivity contribution in [2.75, 3.05) is 19.6 Å². The molecule has 1 aromatic heterocycles. The first-order chi connectivity index (χ1) is 9.62. The van der Waals surface area contributed by atoms with E-state index >= 15 is 0 Å². The van der Waals surface area contributed by atoms with E-state index in [4.69, 9.17) is 11.0 Å². The van der Waals surface area contributed by atoms with E-state index in [9.17, 15) is 4.79 Å². The molecule has 20 heavy (non-hydrogen) atoms. The molecular weight excluding hydrogens is 252 g/mol. The molecule has 0 bridgehead atoms. The second-order valence-corrected chi connectivity index (χ2v) is 4.34. The van der Waals surface area contributed by atoms with Gasteiger partial charge in [0.1, 0.15) is 0 Å². The van der Waals surface area contributed by atoms with Crippen LogP contribution in [-0.2, 0) is 0 Å². The molecule has 0 aromatic carbocycles. The number of aromatic nitrogens is 1. The molecule has 0 fully saturated rings. The van der Waals surface area contributed by atoms with E-state index in [1.165, 1.54) is 6.20 Å². The summed E-state index contributed by atoms with van der Waals surface area (Å²) in [5, 5.41) is 8.84. The quantitative estimate of drug-likeness (QED) is 0.828. The molecular formula is C15H18N4O. The van der Waals surface area contributed by atoms with Crippen molar-refractivity contribution in [2.24, 2.45) is 11.7 Å². The van der Waals surface area contributed by atoms with Crippen LogP contribution in [0.5, 0.6) is 0 Å². The summed E-state index contributed by atoms with van der Waals surface area (Å²) in [5.41, 5.74) is 6.45. The van der Waals surface area contributed by atoms with Gasteiger partial charge in [-0.25, -0.2) is 0 Å². The molecule has 5 heteroatoms. The third kappa shape index (κ3) is 4.38. The maximum absolute atomic E-state index is 12.4. The molecule has 5 nitrogen and oxygen atoms in total.